The van der Waals surface area contributed by atoms with Gasteiger partial charge in [0.2, 0.25) is 6.43 Å². The first-order valence-corrected chi connectivity index (χ1v) is 5.80. The van der Waals surface area contributed by atoms with E-state index in [1.54, 1.807) is 0 Å². The number of carboxylic acids is 1. The lowest BCUT2D eigenvalue weighted by atomic mass is 9.77. The van der Waals surface area contributed by atoms with E-state index in [1.807, 2.05) is 0 Å². The van der Waals surface area contributed by atoms with Crippen LogP contribution in [0.4, 0.5) is 13.2 Å². The number of esters is 1. The first kappa shape index (κ1) is 16.0. The zero-order chi connectivity index (χ0) is 15.3. The predicted octanol–water partition coefficient (Wildman–Crippen LogP) is 2.37. The van der Waals surface area contributed by atoms with E-state index in [2.05, 4.69) is 4.74 Å². The van der Waals surface area contributed by atoms with Gasteiger partial charge >= 0.3 is 11.9 Å². The maximum Gasteiger partial charge on any atom is 0.328 e. The first-order chi connectivity index (χ1) is 9.36. The third-order valence-electron chi connectivity index (χ3n) is 2.78. The molecular weight excluding hydrogens is 277 g/mol. The summed E-state index contributed by atoms with van der Waals surface area (Å²) < 4.78 is 43.8. The number of benzene rings is 1. The highest BCUT2D eigenvalue weighted by molar-refractivity contribution is 6.05. The number of carboxylic acid groups (broad SMARTS) is 1. The van der Waals surface area contributed by atoms with E-state index < -0.39 is 41.6 Å². The second-order valence-corrected chi connectivity index (χ2v) is 4.01. The highest BCUT2D eigenvalue weighted by atomic mass is 19.3. The Labute approximate surface area is 113 Å². The van der Waals surface area contributed by atoms with E-state index in [0.29, 0.717) is 0 Å². The fraction of sp³-hybridized carbons (Fsp3) is 0.385. The van der Waals surface area contributed by atoms with E-state index in [9.17, 15) is 27.9 Å². The van der Waals surface area contributed by atoms with Crippen LogP contribution in [0.1, 0.15) is 18.9 Å². The van der Waals surface area contributed by atoms with E-state index in [4.69, 9.17) is 0 Å². The van der Waals surface area contributed by atoms with Crippen molar-refractivity contribution in [3.05, 3.63) is 35.6 Å². The van der Waals surface area contributed by atoms with Gasteiger partial charge in [0.25, 0.3) is 0 Å². The number of aliphatic carboxylic acids is 1. The fourth-order valence-electron chi connectivity index (χ4n) is 1.89. The van der Waals surface area contributed by atoms with Crippen LogP contribution < -0.4 is 0 Å². The van der Waals surface area contributed by atoms with Crippen LogP contribution >= 0.6 is 0 Å². The third kappa shape index (κ3) is 2.92. The van der Waals surface area contributed by atoms with Crippen molar-refractivity contribution in [2.45, 2.75) is 25.2 Å². The molecule has 0 saturated heterocycles. The summed E-state index contributed by atoms with van der Waals surface area (Å²) in [5.41, 5.74) is -3.39. The van der Waals surface area contributed by atoms with E-state index in [0.717, 1.165) is 12.1 Å². The van der Waals surface area contributed by atoms with Gasteiger partial charge in [-0.05, 0) is 13.0 Å². The molecule has 0 radical (unpaired) electrons. The van der Waals surface area contributed by atoms with Crippen molar-refractivity contribution < 1.29 is 32.6 Å². The molecule has 7 heteroatoms. The Morgan fingerprint density at radius 3 is 2.40 bits per heavy atom. The molecule has 0 aliphatic heterocycles. The van der Waals surface area contributed by atoms with Crippen LogP contribution in [0.3, 0.4) is 0 Å². The monoisotopic (exact) mass is 290 g/mol. The summed E-state index contributed by atoms with van der Waals surface area (Å²) in [5.74, 6) is -4.33. The molecule has 0 fully saturated rings. The van der Waals surface area contributed by atoms with Gasteiger partial charge in [-0.1, -0.05) is 18.2 Å². The molecule has 0 aromatic heterocycles. The molecule has 0 saturated carbocycles. The normalized spacial score (nSPS) is 13.8. The third-order valence-corrected chi connectivity index (χ3v) is 2.78. The molecule has 0 heterocycles. The van der Waals surface area contributed by atoms with Crippen molar-refractivity contribution in [2.24, 2.45) is 0 Å². The van der Waals surface area contributed by atoms with E-state index in [-0.39, 0.29) is 6.61 Å². The van der Waals surface area contributed by atoms with Crippen molar-refractivity contribution in [3.8, 4) is 0 Å². The lowest BCUT2D eigenvalue weighted by molar-refractivity contribution is -0.164. The molecule has 0 spiro atoms. The minimum absolute atomic E-state index is 0.203. The Hall–Kier alpha value is -2.05. The summed E-state index contributed by atoms with van der Waals surface area (Å²) in [5, 5.41) is 9.25. The number of hydrogen-bond donors (Lipinski definition) is 1. The maximum absolute atomic E-state index is 13.8. The zero-order valence-electron chi connectivity index (χ0n) is 10.6. The standard InChI is InChI=1S/C13H13F3O4/c1-2-20-12(19)13(11(17)18,7-10(15)16)8-5-3-4-6-9(8)14/h3-6,10H,2,7H2,1H3,(H,17,18). The highest BCUT2D eigenvalue weighted by Crippen LogP contribution is 2.34. The lowest BCUT2D eigenvalue weighted by Gasteiger charge is -2.27. The van der Waals surface area contributed by atoms with Gasteiger partial charge in [-0.2, -0.15) is 0 Å². The molecule has 1 aromatic carbocycles. The van der Waals surface area contributed by atoms with Gasteiger partial charge in [0, 0.05) is 12.0 Å². The van der Waals surface area contributed by atoms with Gasteiger partial charge in [0.1, 0.15) is 5.82 Å². The van der Waals surface area contributed by atoms with Gasteiger partial charge in [-0.25, -0.2) is 13.2 Å². The van der Waals surface area contributed by atoms with E-state index >= 15 is 0 Å². The molecule has 1 N–H and O–H groups in total. The van der Waals surface area contributed by atoms with Crippen LogP contribution in [0, 0.1) is 5.82 Å². The van der Waals surface area contributed by atoms with Gasteiger partial charge in [0.15, 0.2) is 5.41 Å². The van der Waals surface area contributed by atoms with Crippen LogP contribution in [-0.2, 0) is 19.7 Å². The molecule has 0 aliphatic carbocycles. The average Bonchev–Trinajstić information content (AvgIpc) is 2.36. The molecule has 4 nitrogen and oxygen atoms in total. The minimum Gasteiger partial charge on any atom is -0.480 e. The number of hydrogen-bond acceptors (Lipinski definition) is 3. The Morgan fingerprint density at radius 2 is 1.95 bits per heavy atom. The Balaban J connectivity index is 3.49. The van der Waals surface area contributed by atoms with Crippen LogP contribution in [0.5, 0.6) is 0 Å². The molecule has 0 amide bonds. The summed E-state index contributed by atoms with van der Waals surface area (Å²) in [6, 6.07) is 4.42. The number of rotatable bonds is 6. The lowest BCUT2D eigenvalue weighted by Crippen LogP contribution is -2.47. The van der Waals surface area contributed by atoms with Crippen LogP contribution in [-0.4, -0.2) is 30.1 Å². The molecule has 110 valence electrons. The van der Waals surface area contributed by atoms with E-state index in [1.165, 1.54) is 19.1 Å². The quantitative estimate of drug-likeness (QED) is 0.645. The van der Waals surface area contributed by atoms with Crippen LogP contribution in [0.15, 0.2) is 24.3 Å². The number of halogens is 3. The zero-order valence-corrected chi connectivity index (χ0v) is 10.6. The minimum atomic E-state index is -3.12. The smallest absolute Gasteiger partial charge is 0.328 e. The van der Waals surface area contributed by atoms with Crippen molar-refractivity contribution in [2.75, 3.05) is 6.61 Å². The van der Waals surface area contributed by atoms with Gasteiger partial charge < -0.3 is 9.84 Å². The van der Waals surface area contributed by atoms with Gasteiger partial charge in [-0.3, -0.25) is 9.59 Å². The number of carbonyl (C=O) groups excluding carboxylic acids is 1. The van der Waals surface area contributed by atoms with Crippen LogP contribution in [0.25, 0.3) is 0 Å². The van der Waals surface area contributed by atoms with Crippen molar-refractivity contribution in [1.29, 1.82) is 0 Å². The molecule has 1 atom stereocenters. The Kier molecular flexibility index (Phi) is 5.12. The molecule has 1 rings (SSSR count). The molecular formula is C13H13F3O4. The summed E-state index contributed by atoms with van der Waals surface area (Å²) in [7, 11) is 0. The average molecular weight is 290 g/mol. The SMILES string of the molecule is CCOC(=O)C(CC(F)F)(C(=O)O)c1ccccc1F. The van der Waals surface area contributed by atoms with Gasteiger partial charge in [0.05, 0.1) is 6.61 Å². The maximum atomic E-state index is 13.8. The number of alkyl halides is 2. The fourth-order valence-corrected chi connectivity index (χ4v) is 1.89. The highest BCUT2D eigenvalue weighted by Gasteiger charge is 2.52. The molecule has 20 heavy (non-hydrogen) atoms. The first-order valence-electron chi connectivity index (χ1n) is 5.80. The summed E-state index contributed by atoms with van der Waals surface area (Å²) >= 11 is 0. The van der Waals surface area contributed by atoms with Crippen molar-refractivity contribution in [1.82, 2.24) is 0 Å². The predicted molar refractivity (Wildman–Crippen MR) is 63.0 cm³/mol. The second-order valence-electron chi connectivity index (χ2n) is 4.01. The van der Waals surface area contributed by atoms with Crippen molar-refractivity contribution >= 4 is 11.9 Å². The second kappa shape index (κ2) is 6.40. The number of carbonyl (C=O) groups is 2. The van der Waals surface area contributed by atoms with Crippen molar-refractivity contribution in [3.63, 3.8) is 0 Å². The molecule has 1 aromatic rings. The summed E-state index contributed by atoms with van der Waals surface area (Å²) in [6.07, 6.45) is -4.47. The molecule has 0 aliphatic rings. The Morgan fingerprint density at radius 1 is 1.35 bits per heavy atom. The van der Waals surface area contributed by atoms with Crippen LogP contribution in [0.2, 0.25) is 0 Å². The topological polar surface area (TPSA) is 63.6 Å². The largest absolute Gasteiger partial charge is 0.480 e. The number of ether oxygens (including phenoxy) is 1. The van der Waals surface area contributed by atoms with Gasteiger partial charge in [-0.15, -0.1) is 0 Å². The summed E-state index contributed by atoms with van der Waals surface area (Å²) in [6.45, 7) is 1.19. The molecule has 0 bridgehead atoms. The summed E-state index contributed by atoms with van der Waals surface area (Å²) in [4.78, 5) is 23.3. The Bertz CT molecular complexity index is 504. The molecule has 1 unspecified atom stereocenters.